The van der Waals surface area contributed by atoms with Gasteiger partial charge in [0.2, 0.25) is 5.91 Å². The van der Waals surface area contributed by atoms with Crippen LogP contribution in [0.25, 0.3) is 0 Å². The van der Waals surface area contributed by atoms with Crippen molar-refractivity contribution in [3.63, 3.8) is 0 Å². The second kappa shape index (κ2) is 9.12. The molecule has 1 aromatic heterocycles. The van der Waals surface area contributed by atoms with Gasteiger partial charge in [-0.15, -0.1) is 0 Å². The molecule has 2 aromatic rings. The number of anilines is 2. The summed E-state index contributed by atoms with van der Waals surface area (Å²) in [5.74, 6) is -4.08. The molecule has 4 rings (SSSR count). The first-order valence-corrected chi connectivity index (χ1v) is 10.4. The number of nitrogens with one attached hydrogen (secondary N) is 1. The lowest BCUT2D eigenvalue weighted by Gasteiger charge is -2.24. The number of alkyl halides is 3. The molecule has 2 fully saturated rings. The second-order valence-electron chi connectivity index (χ2n) is 8.08. The van der Waals surface area contributed by atoms with Crippen LogP contribution in [0.1, 0.15) is 29.9 Å². The molecule has 0 bridgehead atoms. The van der Waals surface area contributed by atoms with E-state index in [0.29, 0.717) is 13.2 Å². The molecule has 1 N–H and O–H groups in total. The Bertz CT molecular complexity index is 1020. The second-order valence-corrected chi connectivity index (χ2v) is 8.08. The Morgan fingerprint density at radius 1 is 1.27 bits per heavy atom. The predicted octanol–water partition coefficient (Wildman–Crippen LogP) is 4.36. The summed E-state index contributed by atoms with van der Waals surface area (Å²) in [6.45, 7) is 0.945. The van der Waals surface area contributed by atoms with Crippen LogP contribution in [-0.4, -0.2) is 44.3 Å². The molecule has 0 saturated carbocycles. The van der Waals surface area contributed by atoms with Gasteiger partial charge >= 0.3 is 6.18 Å². The van der Waals surface area contributed by atoms with Crippen molar-refractivity contribution in [3.8, 4) is 5.75 Å². The Hall–Kier alpha value is -2.95. The monoisotopic (exact) mass is 471 g/mol. The minimum Gasteiger partial charge on any atom is -0.497 e. The number of carbonyl (C=O) groups is 1. The standard InChI is InChI=1S/C22H22F5N3O3/c1-32-14-7-15(23)19(16(24)8-14)13-6-18(31)30(10-13)21-20(22(25,26)27)17(2-4-28-21)29-9-12-3-5-33-11-12/h2,4,7-8,12-13H,3,5-6,9-11H2,1H3,(H,28,29)/t12?,13-/m0/s1. The van der Waals surface area contributed by atoms with Gasteiger partial charge < -0.3 is 14.8 Å². The van der Waals surface area contributed by atoms with Crippen LogP contribution < -0.4 is 15.0 Å². The molecule has 1 unspecified atom stereocenters. The quantitative estimate of drug-likeness (QED) is 0.635. The Morgan fingerprint density at radius 2 is 2.00 bits per heavy atom. The number of aromatic nitrogens is 1. The van der Waals surface area contributed by atoms with E-state index in [0.717, 1.165) is 23.5 Å². The van der Waals surface area contributed by atoms with Crippen LogP contribution in [0, 0.1) is 17.6 Å². The van der Waals surface area contributed by atoms with E-state index >= 15 is 0 Å². The Kier molecular flexibility index (Phi) is 6.42. The molecule has 2 aliphatic heterocycles. The van der Waals surface area contributed by atoms with Crippen LogP contribution in [0.4, 0.5) is 33.5 Å². The maximum atomic E-state index is 14.5. The summed E-state index contributed by atoms with van der Waals surface area (Å²) in [6.07, 6.45) is -3.26. The fraction of sp³-hybridized carbons (Fsp3) is 0.455. The van der Waals surface area contributed by atoms with Gasteiger partial charge in [0.05, 0.1) is 19.4 Å². The Morgan fingerprint density at radius 3 is 2.61 bits per heavy atom. The number of halogens is 5. The molecule has 2 aliphatic rings. The predicted molar refractivity (Wildman–Crippen MR) is 109 cm³/mol. The van der Waals surface area contributed by atoms with Crippen LogP contribution >= 0.6 is 0 Å². The summed E-state index contributed by atoms with van der Waals surface area (Å²) in [4.78, 5) is 17.4. The number of carbonyl (C=O) groups excluding carboxylic acids is 1. The van der Waals surface area contributed by atoms with E-state index in [1.54, 1.807) is 0 Å². The molecule has 1 amide bonds. The van der Waals surface area contributed by atoms with Gasteiger partial charge in [0, 0.05) is 61.8 Å². The first-order chi connectivity index (χ1) is 15.7. The highest BCUT2D eigenvalue weighted by Gasteiger charge is 2.43. The van der Waals surface area contributed by atoms with Gasteiger partial charge in [0.25, 0.3) is 0 Å². The van der Waals surface area contributed by atoms with E-state index < -0.39 is 41.0 Å². The molecule has 178 valence electrons. The molecular weight excluding hydrogens is 449 g/mol. The Labute approximate surface area is 186 Å². The molecule has 33 heavy (non-hydrogen) atoms. The van der Waals surface area contributed by atoms with E-state index in [4.69, 9.17) is 9.47 Å². The molecule has 2 atom stereocenters. The molecule has 1 aromatic carbocycles. The number of hydrogen-bond donors (Lipinski definition) is 1. The molecule has 3 heterocycles. The fourth-order valence-electron chi connectivity index (χ4n) is 4.26. The Balaban J connectivity index is 1.65. The van der Waals surface area contributed by atoms with Gasteiger partial charge in [-0.3, -0.25) is 9.69 Å². The fourth-order valence-corrected chi connectivity index (χ4v) is 4.26. The largest absolute Gasteiger partial charge is 0.497 e. The van der Waals surface area contributed by atoms with E-state index in [9.17, 15) is 26.7 Å². The maximum Gasteiger partial charge on any atom is 0.421 e. The number of ether oxygens (including phenoxy) is 2. The first kappa shape index (κ1) is 23.2. The summed E-state index contributed by atoms with van der Waals surface area (Å²) in [5.41, 5.74) is -1.67. The van der Waals surface area contributed by atoms with Crippen LogP contribution in [0.5, 0.6) is 5.75 Å². The zero-order chi connectivity index (χ0) is 23.8. The van der Waals surface area contributed by atoms with Gasteiger partial charge in [-0.05, 0) is 12.5 Å². The number of rotatable bonds is 6. The van der Waals surface area contributed by atoms with Crippen molar-refractivity contribution in [2.24, 2.45) is 5.92 Å². The highest BCUT2D eigenvalue weighted by atomic mass is 19.4. The van der Waals surface area contributed by atoms with Crippen molar-refractivity contribution in [2.75, 3.05) is 43.6 Å². The normalized spacial score (nSPS) is 21.0. The molecule has 0 radical (unpaired) electrons. The third-order valence-electron chi connectivity index (χ3n) is 5.90. The number of benzene rings is 1. The van der Waals surface area contributed by atoms with Crippen molar-refractivity contribution >= 4 is 17.4 Å². The number of hydrogen-bond acceptors (Lipinski definition) is 5. The van der Waals surface area contributed by atoms with Crippen molar-refractivity contribution in [1.29, 1.82) is 0 Å². The third kappa shape index (κ3) is 4.73. The smallest absolute Gasteiger partial charge is 0.421 e. The van der Waals surface area contributed by atoms with Gasteiger partial charge in [0.1, 0.15) is 28.8 Å². The van der Waals surface area contributed by atoms with Crippen molar-refractivity contribution in [3.05, 3.63) is 47.2 Å². The van der Waals surface area contributed by atoms with Gasteiger partial charge in [0.15, 0.2) is 0 Å². The summed E-state index contributed by atoms with van der Waals surface area (Å²) in [6, 6.07) is 3.15. The molecule has 11 heteroatoms. The van der Waals surface area contributed by atoms with Gasteiger partial charge in [-0.25, -0.2) is 13.8 Å². The van der Waals surface area contributed by atoms with E-state index in [1.807, 2.05) is 0 Å². The summed E-state index contributed by atoms with van der Waals surface area (Å²) >= 11 is 0. The van der Waals surface area contributed by atoms with E-state index in [2.05, 4.69) is 10.3 Å². The topological polar surface area (TPSA) is 63.7 Å². The zero-order valence-corrected chi connectivity index (χ0v) is 17.7. The lowest BCUT2D eigenvalue weighted by Crippen LogP contribution is -2.29. The summed E-state index contributed by atoms with van der Waals surface area (Å²) in [5, 5.41) is 2.80. The minimum atomic E-state index is -4.81. The number of amides is 1. The average Bonchev–Trinajstić information content (AvgIpc) is 3.40. The van der Waals surface area contributed by atoms with Gasteiger partial charge in [-0.1, -0.05) is 0 Å². The summed E-state index contributed by atoms with van der Waals surface area (Å²) < 4.78 is 81.3. The van der Waals surface area contributed by atoms with Crippen molar-refractivity contribution in [1.82, 2.24) is 4.98 Å². The number of nitrogens with zero attached hydrogens (tertiary/aromatic N) is 2. The summed E-state index contributed by atoms with van der Waals surface area (Å²) in [7, 11) is 1.25. The first-order valence-electron chi connectivity index (χ1n) is 10.4. The van der Waals surface area contributed by atoms with E-state index in [1.165, 1.54) is 19.4 Å². The highest BCUT2D eigenvalue weighted by Crippen LogP contribution is 2.43. The molecule has 6 nitrogen and oxygen atoms in total. The van der Waals surface area contributed by atoms with Gasteiger partial charge in [-0.2, -0.15) is 13.2 Å². The zero-order valence-electron chi connectivity index (χ0n) is 17.7. The lowest BCUT2D eigenvalue weighted by molar-refractivity contribution is -0.136. The average molecular weight is 471 g/mol. The molecule has 0 aliphatic carbocycles. The third-order valence-corrected chi connectivity index (χ3v) is 5.90. The minimum absolute atomic E-state index is 0.0395. The SMILES string of the molecule is COc1cc(F)c([C@H]2CC(=O)N(c3nccc(NCC4CCOC4)c3C(F)(F)F)C2)c(F)c1. The van der Waals surface area contributed by atoms with Crippen LogP contribution in [-0.2, 0) is 15.7 Å². The number of pyridine rings is 1. The van der Waals surface area contributed by atoms with Crippen molar-refractivity contribution in [2.45, 2.75) is 24.9 Å². The highest BCUT2D eigenvalue weighted by molar-refractivity contribution is 5.97. The van der Waals surface area contributed by atoms with Crippen LogP contribution in [0.3, 0.4) is 0 Å². The molecular formula is C22H22F5N3O3. The van der Waals surface area contributed by atoms with E-state index in [-0.39, 0.29) is 42.4 Å². The maximum absolute atomic E-state index is 14.5. The van der Waals surface area contributed by atoms with Crippen molar-refractivity contribution < 1.29 is 36.2 Å². The van der Waals surface area contributed by atoms with Crippen LogP contribution in [0.2, 0.25) is 0 Å². The number of methoxy groups -OCH3 is 1. The molecule has 2 saturated heterocycles. The van der Waals surface area contributed by atoms with Crippen LogP contribution in [0.15, 0.2) is 24.4 Å². The molecule has 0 spiro atoms. The lowest BCUT2D eigenvalue weighted by atomic mass is 9.97.